The highest BCUT2D eigenvalue weighted by molar-refractivity contribution is 6.30. The van der Waals surface area contributed by atoms with Crippen LogP contribution in [-0.2, 0) is 13.5 Å². The number of hydrogen-bond donors (Lipinski definition) is 1. The highest BCUT2D eigenvalue weighted by Crippen LogP contribution is 2.23. The quantitative estimate of drug-likeness (QED) is 0.898. The van der Waals surface area contributed by atoms with Gasteiger partial charge in [0.1, 0.15) is 0 Å². The van der Waals surface area contributed by atoms with Crippen LogP contribution in [-0.4, -0.2) is 25.3 Å². The van der Waals surface area contributed by atoms with E-state index in [0.717, 1.165) is 11.1 Å². The van der Waals surface area contributed by atoms with Crippen LogP contribution in [0.5, 0.6) is 0 Å². The maximum Gasteiger partial charge on any atom is 0.177 e. The summed E-state index contributed by atoms with van der Waals surface area (Å²) in [6.45, 7) is 1.93. The van der Waals surface area contributed by atoms with Crippen molar-refractivity contribution in [2.75, 3.05) is 0 Å². The summed E-state index contributed by atoms with van der Waals surface area (Å²) in [6, 6.07) is 5.44. The van der Waals surface area contributed by atoms with Crippen LogP contribution < -0.4 is 0 Å². The SMILES string of the molecule is Cc1ccc(Cl)cc1C(O)Cc1nnn(C)n1. The van der Waals surface area contributed by atoms with E-state index in [-0.39, 0.29) is 0 Å². The minimum Gasteiger partial charge on any atom is -0.388 e. The van der Waals surface area contributed by atoms with Gasteiger partial charge < -0.3 is 5.11 Å². The summed E-state index contributed by atoms with van der Waals surface area (Å²) in [5.41, 5.74) is 1.79. The Morgan fingerprint density at radius 3 is 2.88 bits per heavy atom. The molecule has 0 saturated heterocycles. The zero-order valence-corrected chi connectivity index (χ0v) is 10.4. The first-order valence-corrected chi connectivity index (χ1v) is 5.61. The lowest BCUT2D eigenvalue weighted by molar-refractivity contribution is 0.175. The maximum absolute atomic E-state index is 10.1. The van der Waals surface area contributed by atoms with E-state index in [0.29, 0.717) is 17.3 Å². The van der Waals surface area contributed by atoms with E-state index >= 15 is 0 Å². The minimum atomic E-state index is -0.669. The Morgan fingerprint density at radius 2 is 2.24 bits per heavy atom. The normalized spacial score (nSPS) is 12.7. The molecule has 0 saturated carbocycles. The maximum atomic E-state index is 10.1. The van der Waals surface area contributed by atoms with Gasteiger partial charge in [0.15, 0.2) is 5.82 Å². The Bertz CT molecular complexity index is 526. The average molecular weight is 253 g/mol. The van der Waals surface area contributed by atoms with Crippen molar-refractivity contribution in [3.05, 3.63) is 40.2 Å². The first-order chi connectivity index (χ1) is 8.06. The number of benzene rings is 1. The van der Waals surface area contributed by atoms with Crippen LogP contribution >= 0.6 is 11.6 Å². The number of aromatic nitrogens is 4. The molecule has 2 aromatic rings. The van der Waals surface area contributed by atoms with Gasteiger partial charge in [-0.3, -0.25) is 0 Å². The van der Waals surface area contributed by atoms with Crippen molar-refractivity contribution in [3.8, 4) is 0 Å². The van der Waals surface area contributed by atoms with Crippen molar-refractivity contribution in [2.24, 2.45) is 7.05 Å². The average Bonchev–Trinajstić information content (AvgIpc) is 2.67. The van der Waals surface area contributed by atoms with Crippen LogP contribution in [0.3, 0.4) is 0 Å². The highest BCUT2D eigenvalue weighted by atomic mass is 35.5. The molecular formula is C11H13ClN4O. The highest BCUT2D eigenvalue weighted by Gasteiger charge is 2.14. The Kier molecular flexibility index (Phi) is 3.40. The predicted octanol–water partition coefficient (Wildman–Crippen LogP) is 1.45. The lowest BCUT2D eigenvalue weighted by atomic mass is 10.0. The van der Waals surface area contributed by atoms with Crippen LogP contribution in [0.15, 0.2) is 18.2 Å². The fraction of sp³-hybridized carbons (Fsp3) is 0.364. The molecule has 0 aliphatic heterocycles. The molecule has 90 valence electrons. The molecule has 1 heterocycles. The van der Waals surface area contributed by atoms with Gasteiger partial charge in [-0.2, -0.15) is 4.80 Å². The molecule has 0 aliphatic rings. The van der Waals surface area contributed by atoms with Gasteiger partial charge in [-0.15, -0.1) is 10.2 Å². The molecule has 1 N–H and O–H groups in total. The van der Waals surface area contributed by atoms with Gasteiger partial charge >= 0.3 is 0 Å². The Hall–Kier alpha value is -1.46. The summed E-state index contributed by atoms with van der Waals surface area (Å²) in [4.78, 5) is 1.37. The van der Waals surface area contributed by atoms with Crippen molar-refractivity contribution in [1.29, 1.82) is 0 Å². The molecule has 2 rings (SSSR count). The van der Waals surface area contributed by atoms with Crippen molar-refractivity contribution in [1.82, 2.24) is 20.2 Å². The molecule has 6 heteroatoms. The molecule has 0 amide bonds. The molecule has 0 radical (unpaired) electrons. The number of nitrogens with zero attached hydrogens (tertiary/aromatic N) is 4. The van der Waals surface area contributed by atoms with Crippen LogP contribution in [0, 0.1) is 6.92 Å². The Labute approximate surface area is 104 Å². The summed E-state index contributed by atoms with van der Waals surface area (Å²) in [7, 11) is 1.69. The topological polar surface area (TPSA) is 63.8 Å². The van der Waals surface area contributed by atoms with Crippen LogP contribution in [0.1, 0.15) is 23.1 Å². The molecule has 1 atom stereocenters. The first kappa shape index (κ1) is 12.0. The van der Waals surface area contributed by atoms with Crippen LogP contribution in [0.4, 0.5) is 0 Å². The molecule has 0 spiro atoms. The molecule has 0 fully saturated rings. The summed E-state index contributed by atoms with van der Waals surface area (Å²) in [5, 5.41) is 22.3. The summed E-state index contributed by atoms with van der Waals surface area (Å²) in [6.07, 6.45) is -0.340. The molecule has 5 nitrogen and oxygen atoms in total. The third kappa shape index (κ3) is 2.81. The molecule has 1 aromatic heterocycles. The van der Waals surface area contributed by atoms with Crippen molar-refractivity contribution < 1.29 is 5.11 Å². The number of aliphatic hydroxyl groups excluding tert-OH is 1. The second-order valence-corrected chi connectivity index (χ2v) is 4.35. The van der Waals surface area contributed by atoms with Gasteiger partial charge in [0.2, 0.25) is 0 Å². The van der Waals surface area contributed by atoms with E-state index < -0.39 is 6.10 Å². The van der Waals surface area contributed by atoms with Gasteiger partial charge in [0.05, 0.1) is 13.2 Å². The lowest BCUT2D eigenvalue weighted by Crippen LogP contribution is -2.05. The second kappa shape index (κ2) is 4.81. The smallest absolute Gasteiger partial charge is 0.177 e. The van der Waals surface area contributed by atoms with Crippen molar-refractivity contribution >= 4 is 11.6 Å². The molecule has 1 unspecified atom stereocenters. The van der Waals surface area contributed by atoms with E-state index in [1.807, 2.05) is 13.0 Å². The van der Waals surface area contributed by atoms with E-state index in [4.69, 9.17) is 11.6 Å². The number of aryl methyl sites for hydroxylation is 2. The van der Waals surface area contributed by atoms with Gasteiger partial charge in [0, 0.05) is 11.4 Å². The number of tetrazole rings is 1. The van der Waals surface area contributed by atoms with Crippen molar-refractivity contribution in [2.45, 2.75) is 19.4 Å². The van der Waals surface area contributed by atoms with E-state index in [1.54, 1.807) is 19.2 Å². The number of hydrogen-bond acceptors (Lipinski definition) is 4. The van der Waals surface area contributed by atoms with E-state index in [1.165, 1.54) is 4.80 Å². The Balaban J connectivity index is 2.19. The first-order valence-electron chi connectivity index (χ1n) is 5.23. The van der Waals surface area contributed by atoms with Gasteiger partial charge in [0.25, 0.3) is 0 Å². The molecule has 1 aromatic carbocycles. The molecular weight excluding hydrogens is 240 g/mol. The monoisotopic (exact) mass is 252 g/mol. The lowest BCUT2D eigenvalue weighted by Gasteiger charge is -2.12. The zero-order chi connectivity index (χ0) is 12.4. The van der Waals surface area contributed by atoms with Crippen LogP contribution in [0.2, 0.25) is 5.02 Å². The minimum absolute atomic E-state index is 0.328. The predicted molar refractivity (Wildman–Crippen MR) is 63.7 cm³/mol. The van der Waals surface area contributed by atoms with Gasteiger partial charge in [-0.1, -0.05) is 17.7 Å². The van der Waals surface area contributed by atoms with Crippen LogP contribution in [0.25, 0.3) is 0 Å². The fourth-order valence-corrected chi connectivity index (χ4v) is 1.84. The third-order valence-corrected chi connectivity index (χ3v) is 2.76. The molecule has 17 heavy (non-hydrogen) atoms. The Morgan fingerprint density at radius 1 is 1.47 bits per heavy atom. The van der Waals surface area contributed by atoms with E-state index in [9.17, 15) is 5.11 Å². The largest absolute Gasteiger partial charge is 0.388 e. The number of aliphatic hydroxyl groups is 1. The van der Waals surface area contributed by atoms with Gasteiger partial charge in [-0.25, -0.2) is 0 Å². The zero-order valence-electron chi connectivity index (χ0n) is 9.63. The molecule has 0 aliphatic carbocycles. The molecule has 0 bridgehead atoms. The number of rotatable bonds is 3. The summed E-state index contributed by atoms with van der Waals surface area (Å²) < 4.78 is 0. The standard InChI is InChI=1S/C11H13ClN4O/c1-7-3-4-8(12)5-9(7)10(17)6-11-13-15-16(2)14-11/h3-5,10,17H,6H2,1-2H3. The fourth-order valence-electron chi connectivity index (χ4n) is 1.66. The van der Waals surface area contributed by atoms with E-state index in [2.05, 4.69) is 15.4 Å². The number of halogens is 1. The third-order valence-electron chi connectivity index (χ3n) is 2.53. The van der Waals surface area contributed by atoms with Gasteiger partial charge in [-0.05, 0) is 35.4 Å². The summed E-state index contributed by atoms with van der Waals surface area (Å²) >= 11 is 5.91. The summed E-state index contributed by atoms with van der Waals surface area (Å²) in [5.74, 6) is 0.513. The second-order valence-electron chi connectivity index (χ2n) is 3.92. The van der Waals surface area contributed by atoms with Crippen molar-refractivity contribution in [3.63, 3.8) is 0 Å².